The van der Waals surface area contributed by atoms with E-state index in [4.69, 9.17) is 16.3 Å². The molecule has 0 unspecified atom stereocenters. The molecule has 0 amide bonds. The maximum atomic E-state index is 13.0. The molecule has 9 heteroatoms. The van der Waals surface area contributed by atoms with Crippen LogP contribution in [0.25, 0.3) is 0 Å². The first-order chi connectivity index (χ1) is 11.9. The molecule has 2 heterocycles. The number of nitrogens with one attached hydrogen (secondary N) is 1. The molecular formula is C17H19Cl2F3N2OS. The lowest BCUT2D eigenvalue weighted by atomic mass is 9.99. The first kappa shape index (κ1) is 21.3. The number of rotatable bonds is 4. The van der Waals surface area contributed by atoms with Crippen molar-refractivity contribution in [2.75, 3.05) is 33.3 Å². The SMILES string of the molecule is COc1cc(C(F)(F)F)ccc1[C@@H](c1ccc(Cl)s1)N1CCNCC1.Cl. The summed E-state index contributed by atoms with van der Waals surface area (Å²) in [5.41, 5.74) is 0.00675. The van der Waals surface area contributed by atoms with E-state index in [9.17, 15) is 13.2 Å². The van der Waals surface area contributed by atoms with Crippen molar-refractivity contribution in [1.82, 2.24) is 10.2 Å². The highest BCUT2D eigenvalue weighted by Gasteiger charge is 2.33. The fraction of sp³-hybridized carbons (Fsp3) is 0.412. The molecule has 1 aromatic carbocycles. The second kappa shape index (κ2) is 8.80. The first-order valence-electron chi connectivity index (χ1n) is 7.85. The van der Waals surface area contributed by atoms with Crippen LogP contribution in [-0.2, 0) is 6.18 Å². The summed E-state index contributed by atoms with van der Waals surface area (Å²) < 4.78 is 45.0. The Morgan fingerprint density at radius 3 is 2.42 bits per heavy atom. The number of hydrogen-bond acceptors (Lipinski definition) is 4. The summed E-state index contributed by atoms with van der Waals surface area (Å²) in [6.45, 7) is 3.26. The number of thiophene rings is 1. The van der Waals surface area contributed by atoms with Crippen LogP contribution in [0.1, 0.15) is 22.0 Å². The number of hydrogen-bond donors (Lipinski definition) is 1. The predicted molar refractivity (Wildman–Crippen MR) is 101 cm³/mol. The molecule has 2 aromatic rings. The van der Waals surface area contributed by atoms with Gasteiger partial charge in [0, 0.05) is 36.6 Å². The Morgan fingerprint density at radius 1 is 1.19 bits per heavy atom. The van der Waals surface area contributed by atoms with Gasteiger partial charge in [-0.05, 0) is 24.3 Å². The van der Waals surface area contributed by atoms with Crippen LogP contribution in [-0.4, -0.2) is 38.2 Å². The number of methoxy groups -OCH3 is 1. The van der Waals surface area contributed by atoms with Gasteiger partial charge in [-0.15, -0.1) is 23.7 Å². The molecule has 1 saturated heterocycles. The number of benzene rings is 1. The van der Waals surface area contributed by atoms with E-state index in [2.05, 4.69) is 10.2 Å². The van der Waals surface area contributed by atoms with Crippen molar-refractivity contribution in [3.05, 3.63) is 50.7 Å². The van der Waals surface area contributed by atoms with Gasteiger partial charge in [0.25, 0.3) is 0 Å². The van der Waals surface area contributed by atoms with Gasteiger partial charge in [0.05, 0.1) is 23.1 Å². The molecule has 1 fully saturated rings. The van der Waals surface area contributed by atoms with E-state index in [-0.39, 0.29) is 24.2 Å². The summed E-state index contributed by atoms with van der Waals surface area (Å²) >= 11 is 7.54. The summed E-state index contributed by atoms with van der Waals surface area (Å²) in [7, 11) is 1.40. The Hall–Kier alpha value is -0.990. The molecule has 3 rings (SSSR count). The fourth-order valence-electron chi connectivity index (χ4n) is 3.06. The second-order valence-electron chi connectivity index (χ2n) is 5.78. The third-order valence-electron chi connectivity index (χ3n) is 4.24. The zero-order valence-electron chi connectivity index (χ0n) is 14.0. The maximum Gasteiger partial charge on any atom is 0.416 e. The van der Waals surface area contributed by atoms with Gasteiger partial charge in [-0.25, -0.2) is 0 Å². The molecule has 0 saturated carbocycles. The fourth-order valence-corrected chi connectivity index (χ4v) is 4.27. The smallest absolute Gasteiger partial charge is 0.416 e. The summed E-state index contributed by atoms with van der Waals surface area (Å²) in [6, 6.07) is 7.26. The van der Waals surface area contributed by atoms with Crippen LogP contribution in [0, 0.1) is 0 Å². The molecule has 26 heavy (non-hydrogen) atoms. The lowest BCUT2D eigenvalue weighted by Gasteiger charge is -2.35. The third-order valence-corrected chi connectivity index (χ3v) is 5.52. The summed E-state index contributed by atoms with van der Waals surface area (Å²) in [5.74, 6) is 0.239. The van der Waals surface area contributed by atoms with Gasteiger partial charge in [-0.2, -0.15) is 13.2 Å². The van der Waals surface area contributed by atoms with Crippen molar-refractivity contribution in [3.8, 4) is 5.75 Å². The van der Waals surface area contributed by atoms with Crippen molar-refractivity contribution in [2.24, 2.45) is 0 Å². The highest BCUT2D eigenvalue weighted by molar-refractivity contribution is 7.16. The van der Waals surface area contributed by atoms with Gasteiger partial charge in [0.1, 0.15) is 5.75 Å². The molecular weight excluding hydrogens is 408 g/mol. The Morgan fingerprint density at radius 2 is 1.88 bits per heavy atom. The van der Waals surface area contributed by atoms with Crippen LogP contribution in [0.5, 0.6) is 5.75 Å². The molecule has 1 atom stereocenters. The quantitative estimate of drug-likeness (QED) is 0.756. The topological polar surface area (TPSA) is 24.5 Å². The molecule has 0 radical (unpaired) electrons. The monoisotopic (exact) mass is 426 g/mol. The zero-order valence-corrected chi connectivity index (χ0v) is 16.4. The Balaban J connectivity index is 0.00000243. The molecule has 0 aliphatic carbocycles. The van der Waals surface area contributed by atoms with Crippen LogP contribution in [0.3, 0.4) is 0 Å². The second-order valence-corrected chi connectivity index (χ2v) is 7.53. The van der Waals surface area contributed by atoms with Gasteiger partial charge >= 0.3 is 6.18 Å². The highest BCUT2D eigenvalue weighted by Crippen LogP contribution is 2.41. The van der Waals surface area contributed by atoms with Gasteiger partial charge < -0.3 is 10.1 Å². The van der Waals surface area contributed by atoms with E-state index in [0.29, 0.717) is 4.34 Å². The molecule has 1 aliphatic rings. The van der Waals surface area contributed by atoms with Crippen LogP contribution < -0.4 is 10.1 Å². The Labute approximate surface area is 165 Å². The van der Waals surface area contributed by atoms with Crippen LogP contribution >= 0.6 is 35.3 Å². The van der Waals surface area contributed by atoms with E-state index < -0.39 is 11.7 Å². The first-order valence-corrected chi connectivity index (χ1v) is 9.04. The molecule has 3 nitrogen and oxygen atoms in total. The highest BCUT2D eigenvalue weighted by atomic mass is 35.5. The van der Waals surface area contributed by atoms with Crippen LogP contribution in [0.15, 0.2) is 30.3 Å². The zero-order chi connectivity index (χ0) is 18.0. The Kier molecular flexibility index (Phi) is 7.21. The van der Waals surface area contributed by atoms with Crippen molar-refractivity contribution in [3.63, 3.8) is 0 Å². The van der Waals surface area contributed by atoms with E-state index in [1.54, 1.807) is 0 Å². The maximum absolute atomic E-state index is 13.0. The van der Waals surface area contributed by atoms with Crippen LogP contribution in [0.4, 0.5) is 13.2 Å². The van der Waals surface area contributed by atoms with Crippen molar-refractivity contribution in [1.29, 1.82) is 0 Å². The average Bonchev–Trinajstić information content (AvgIpc) is 3.01. The number of nitrogens with zero attached hydrogens (tertiary/aromatic N) is 1. The normalized spacial score (nSPS) is 16.8. The van der Waals surface area contributed by atoms with Gasteiger partial charge in [-0.3, -0.25) is 4.90 Å². The Bertz CT molecular complexity index is 733. The van der Waals surface area contributed by atoms with Crippen molar-refractivity contribution >= 4 is 35.3 Å². The minimum Gasteiger partial charge on any atom is -0.496 e. The van der Waals surface area contributed by atoms with E-state index >= 15 is 0 Å². The lowest BCUT2D eigenvalue weighted by Crippen LogP contribution is -2.45. The van der Waals surface area contributed by atoms with E-state index in [1.807, 2.05) is 12.1 Å². The number of ether oxygens (including phenoxy) is 1. The van der Waals surface area contributed by atoms with Crippen molar-refractivity contribution in [2.45, 2.75) is 12.2 Å². The molecule has 1 aromatic heterocycles. The molecule has 144 valence electrons. The largest absolute Gasteiger partial charge is 0.496 e. The van der Waals surface area contributed by atoms with Gasteiger partial charge in [-0.1, -0.05) is 17.7 Å². The minimum atomic E-state index is -4.40. The molecule has 0 spiro atoms. The standard InChI is InChI=1S/C17H18ClF3N2OS.ClH/c1-24-13-10-11(17(19,20)21)2-3-12(13)16(14-4-5-15(18)25-14)23-8-6-22-7-9-23;/h2-5,10,16,22H,6-9H2,1H3;1H/t16-;/m0./s1. The number of alkyl halides is 3. The third kappa shape index (κ3) is 4.64. The van der Waals surface area contributed by atoms with E-state index in [0.717, 1.165) is 48.8 Å². The predicted octanol–water partition coefficient (Wildman–Crippen LogP) is 4.85. The summed E-state index contributed by atoms with van der Waals surface area (Å²) in [6.07, 6.45) is -4.40. The lowest BCUT2D eigenvalue weighted by molar-refractivity contribution is -0.137. The molecule has 0 bridgehead atoms. The van der Waals surface area contributed by atoms with Crippen LogP contribution in [0.2, 0.25) is 4.34 Å². The molecule has 1 N–H and O–H groups in total. The number of piperazine rings is 1. The van der Waals surface area contributed by atoms with Gasteiger partial charge in [0.2, 0.25) is 0 Å². The van der Waals surface area contributed by atoms with Gasteiger partial charge in [0.15, 0.2) is 0 Å². The summed E-state index contributed by atoms with van der Waals surface area (Å²) in [4.78, 5) is 3.23. The van der Waals surface area contributed by atoms with Crippen molar-refractivity contribution < 1.29 is 17.9 Å². The number of halogens is 5. The molecule has 1 aliphatic heterocycles. The minimum absolute atomic E-state index is 0. The summed E-state index contributed by atoms with van der Waals surface area (Å²) in [5, 5.41) is 3.29. The average molecular weight is 427 g/mol. The van der Waals surface area contributed by atoms with E-state index in [1.165, 1.54) is 24.5 Å².